The molecule has 0 aliphatic carbocycles. The van der Waals surface area contributed by atoms with Crippen LogP contribution in [0, 0.1) is 5.92 Å². The molecule has 166 valence electrons. The largest absolute Gasteiger partial charge is 0.368 e. The molecule has 3 aromatic rings. The number of rotatable bonds is 5. The fraction of sp³-hybridized carbons (Fsp3) is 0.318. The van der Waals surface area contributed by atoms with Crippen molar-refractivity contribution in [3.05, 3.63) is 52.8 Å². The van der Waals surface area contributed by atoms with Gasteiger partial charge >= 0.3 is 0 Å². The molecule has 2 atom stereocenters. The van der Waals surface area contributed by atoms with Crippen molar-refractivity contribution in [2.75, 3.05) is 35.6 Å². The molecule has 0 radical (unpaired) electrons. The van der Waals surface area contributed by atoms with E-state index >= 15 is 0 Å². The number of halogens is 2. The monoisotopic (exact) mass is 487 g/mol. The number of anilines is 4. The number of hydrogen-bond donors (Lipinski definition) is 3. The maximum atomic E-state index is 6.55. The SMILES string of the molecule is Nc1nc(Nc2cc(Cl)c(Sc3ccncc3)c(Cl)c2)cc(N2CC3CCCNC3C2)n1. The van der Waals surface area contributed by atoms with Crippen LogP contribution in [0.2, 0.25) is 10.0 Å². The van der Waals surface area contributed by atoms with Gasteiger partial charge in [0.1, 0.15) is 11.6 Å². The smallest absolute Gasteiger partial charge is 0.223 e. The highest BCUT2D eigenvalue weighted by Crippen LogP contribution is 2.41. The Labute approximate surface area is 201 Å². The number of aromatic nitrogens is 3. The van der Waals surface area contributed by atoms with Crippen LogP contribution in [-0.4, -0.2) is 40.6 Å². The Hall–Kier alpha value is -2.26. The van der Waals surface area contributed by atoms with Crippen molar-refractivity contribution in [3.8, 4) is 0 Å². The molecule has 10 heteroatoms. The number of benzene rings is 1. The van der Waals surface area contributed by atoms with Crippen LogP contribution in [0.4, 0.5) is 23.3 Å². The lowest BCUT2D eigenvalue weighted by molar-refractivity contribution is 0.340. The van der Waals surface area contributed by atoms with Crippen LogP contribution in [0.3, 0.4) is 0 Å². The second-order valence-electron chi connectivity index (χ2n) is 8.02. The second kappa shape index (κ2) is 9.31. The average Bonchev–Trinajstić information content (AvgIpc) is 3.21. The van der Waals surface area contributed by atoms with E-state index in [4.69, 9.17) is 28.9 Å². The van der Waals surface area contributed by atoms with Crippen molar-refractivity contribution in [1.82, 2.24) is 20.3 Å². The van der Waals surface area contributed by atoms with Crippen molar-refractivity contribution >= 4 is 58.2 Å². The first-order valence-electron chi connectivity index (χ1n) is 10.5. The number of fused-ring (bicyclic) bond motifs is 1. The van der Waals surface area contributed by atoms with E-state index in [0.717, 1.165) is 40.9 Å². The highest BCUT2D eigenvalue weighted by atomic mass is 35.5. The third-order valence-corrected chi connectivity index (χ3v) is 7.77. The lowest BCUT2D eigenvalue weighted by atomic mass is 9.94. The van der Waals surface area contributed by atoms with E-state index in [1.807, 2.05) is 30.3 Å². The first-order valence-corrected chi connectivity index (χ1v) is 12.1. The molecule has 2 fully saturated rings. The van der Waals surface area contributed by atoms with Gasteiger partial charge in [-0.1, -0.05) is 35.0 Å². The minimum atomic E-state index is 0.231. The zero-order valence-electron chi connectivity index (χ0n) is 17.3. The van der Waals surface area contributed by atoms with Crippen LogP contribution >= 0.6 is 35.0 Å². The topological polar surface area (TPSA) is 92.0 Å². The normalized spacial score (nSPS) is 20.2. The lowest BCUT2D eigenvalue weighted by Gasteiger charge is -2.24. The third-order valence-electron chi connectivity index (χ3n) is 5.79. The van der Waals surface area contributed by atoms with Gasteiger partial charge in [-0.25, -0.2) is 0 Å². The molecular formula is C22H23Cl2N7S. The fourth-order valence-electron chi connectivity index (χ4n) is 4.31. The maximum absolute atomic E-state index is 6.55. The van der Waals surface area contributed by atoms with Crippen LogP contribution < -0.4 is 21.3 Å². The van der Waals surface area contributed by atoms with Gasteiger partial charge in [-0.05, 0) is 49.6 Å². The Morgan fingerprint density at radius 3 is 2.62 bits per heavy atom. The highest BCUT2D eigenvalue weighted by Gasteiger charge is 2.35. The molecule has 0 saturated carbocycles. The summed E-state index contributed by atoms with van der Waals surface area (Å²) in [6.07, 6.45) is 5.95. The zero-order chi connectivity index (χ0) is 22.1. The number of pyridine rings is 1. The molecule has 2 aromatic heterocycles. The van der Waals surface area contributed by atoms with Gasteiger partial charge in [0.2, 0.25) is 5.95 Å². The van der Waals surface area contributed by atoms with Crippen LogP contribution in [0.15, 0.2) is 52.5 Å². The van der Waals surface area contributed by atoms with E-state index in [1.54, 1.807) is 12.4 Å². The van der Waals surface area contributed by atoms with Crippen molar-refractivity contribution in [2.24, 2.45) is 5.92 Å². The molecule has 0 bridgehead atoms. The first-order chi connectivity index (χ1) is 15.5. The Bertz CT molecular complexity index is 1080. The zero-order valence-corrected chi connectivity index (χ0v) is 19.6. The number of nitrogens with two attached hydrogens (primary N) is 1. The van der Waals surface area contributed by atoms with Crippen LogP contribution in [0.1, 0.15) is 12.8 Å². The van der Waals surface area contributed by atoms with Crippen molar-refractivity contribution in [1.29, 1.82) is 0 Å². The van der Waals surface area contributed by atoms with Gasteiger partial charge < -0.3 is 21.3 Å². The van der Waals surface area contributed by atoms with Crippen molar-refractivity contribution < 1.29 is 0 Å². The molecule has 7 nitrogen and oxygen atoms in total. The summed E-state index contributed by atoms with van der Waals surface area (Å²) >= 11 is 14.6. The molecule has 1 aromatic carbocycles. The quantitative estimate of drug-likeness (QED) is 0.470. The summed E-state index contributed by atoms with van der Waals surface area (Å²) in [5.41, 5.74) is 6.77. The van der Waals surface area contributed by atoms with E-state index in [-0.39, 0.29) is 5.95 Å². The summed E-state index contributed by atoms with van der Waals surface area (Å²) in [4.78, 5) is 17.0. The molecule has 2 unspecified atom stereocenters. The third kappa shape index (κ3) is 4.73. The molecule has 4 heterocycles. The van der Waals surface area contributed by atoms with Gasteiger partial charge in [-0.3, -0.25) is 4.98 Å². The first kappa shape index (κ1) is 21.6. The molecule has 32 heavy (non-hydrogen) atoms. The van der Waals surface area contributed by atoms with Gasteiger partial charge in [-0.2, -0.15) is 9.97 Å². The Kier molecular flexibility index (Phi) is 6.28. The number of nitrogen functional groups attached to an aromatic ring is 1. The van der Waals surface area contributed by atoms with Gasteiger partial charge in [0.15, 0.2) is 0 Å². The maximum Gasteiger partial charge on any atom is 0.223 e. The van der Waals surface area contributed by atoms with Crippen molar-refractivity contribution in [3.63, 3.8) is 0 Å². The second-order valence-corrected chi connectivity index (χ2v) is 9.91. The van der Waals surface area contributed by atoms with Gasteiger partial charge in [0, 0.05) is 53.1 Å². The number of hydrogen-bond acceptors (Lipinski definition) is 8. The number of nitrogens with zero attached hydrogens (tertiary/aromatic N) is 4. The standard InChI is InChI=1S/C22H23Cl2N7S/c23-16-8-14(9-17(24)21(16)32-15-3-6-26-7-4-15)28-19-10-20(30-22(25)29-19)31-11-13-2-1-5-27-18(13)12-31/h3-4,6-10,13,18,27H,1-2,5,11-12H2,(H3,25,28,29,30). The Morgan fingerprint density at radius 2 is 1.88 bits per heavy atom. The molecule has 0 spiro atoms. The molecule has 5 rings (SSSR count). The average molecular weight is 488 g/mol. The number of nitrogens with one attached hydrogen (secondary N) is 2. The predicted octanol–water partition coefficient (Wildman–Crippen LogP) is 4.84. The van der Waals surface area contributed by atoms with E-state index in [0.29, 0.717) is 27.8 Å². The van der Waals surface area contributed by atoms with Crippen molar-refractivity contribution in [2.45, 2.75) is 28.7 Å². The van der Waals surface area contributed by atoms with Crippen LogP contribution in [-0.2, 0) is 0 Å². The summed E-state index contributed by atoms with van der Waals surface area (Å²) < 4.78 is 0. The molecular weight excluding hydrogens is 465 g/mol. The fourth-order valence-corrected chi connectivity index (χ4v) is 5.84. The van der Waals surface area contributed by atoms with E-state index in [9.17, 15) is 0 Å². The summed E-state index contributed by atoms with van der Waals surface area (Å²) in [6.45, 7) is 3.00. The minimum absolute atomic E-state index is 0.231. The predicted molar refractivity (Wildman–Crippen MR) is 131 cm³/mol. The van der Waals surface area contributed by atoms with Crippen LogP contribution in [0.5, 0.6) is 0 Å². The molecule has 2 aliphatic rings. The van der Waals surface area contributed by atoms with E-state index in [2.05, 4.69) is 30.5 Å². The minimum Gasteiger partial charge on any atom is -0.368 e. The molecule has 0 amide bonds. The van der Waals surface area contributed by atoms with Gasteiger partial charge in [-0.15, -0.1) is 0 Å². The highest BCUT2D eigenvalue weighted by molar-refractivity contribution is 7.99. The Balaban J connectivity index is 1.35. The van der Waals surface area contributed by atoms with E-state index in [1.165, 1.54) is 24.6 Å². The van der Waals surface area contributed by atoms with Gasteiger partial charge in [0.05, 0.1) is 10.0 Å². The van der Waals surface area contributed by atoms with Crippen LogP contribution in [0.25, 0.3) is 0 Å². The summed E-state index contributed by atoms with van der Waals surface area (Å²) in [7, 11) is 0. The molecule has 2 aliphatic heterocycles. The molecule has 2 saturated heterocycles. The lowest BCUT2D eigenvalue weighted by Crippen LogP contribution is -2.40. The summed E-state index contributed by atoms with van der Waals surface area (Å²) in [6, 6.07) is 9.94. The molecule has 4 N–H and O–H groups in total. The summed E-state index contributed by atoms with van der Waals surface area (Å²) in [5.74, 6) is 2.32. The summed E-state index contributed by atoms with van der Waals surface area (Å²) in [5, 5.41) is 8.01. The van der Waals surface area contributed by atoms with E-state index < -0.39 is 0 Å². The number of piperidine rings is 1. The Morgan fingerprint density at radius 1 is 1.09 bits per heavy atom. The van der Waals surface area contributed by atoms with Gasteiger partial charge in [0.25, 0.3) is 0 Å².